The van der Waals surface area contributed by atoms with E-state index in [0.717, 1.165) is 31.6 Å². The lowest BCUT2D eigenvalue weighted by molar-refractivity contribution is -0.143. The van der Waals surface area contributed by atoms with Crippen LogP contribution in [0.5, 0.6) is 5.88 Å². The molecule has 4 rings (SSSR count). The molecule has 11 heteroatoms. The third kappa shape index (κ3) is 4.61. The first kappa shape index (κ1) is 22.2. The van der Waals surface area contributed by atoms with Gasteiger partial charge in [-0.05, 0) is 42.7 Å². The number of carbonyl (C=O) groups is 1. The highest BCUT2D eigenvalue weighted by atomic mass is 19.4. The predicted molar refractivity (Wildman–Crippen MR) is 102 cm³/mol. The van der Waals surface area contributed by atoms with Gasteiger partial charge in [0, 0.05) is 31.5 Å². The largest absolute Gasteiger partial charge is 0.467 e. The fourth-order valence-electron chi connectivity index (χ4n) is 3.97. The van der Waals surface area contributed by atoms with E-state index in [0.29, 0.717) is 17.7 Å². The van der Waals surface area contributed by atoms with E-state index in [4.69, 9.17) is 4.74 Å². The third-order valence-electron chi connectivity index (χ3n) is 5.49. The summed E-state index contributed by atoms with van der Waals surface area (Å²) >= 11 is 0. The summed E-state index contributed by atoms with van der Waals surface area (Å²) in [6, 6.07) is 3.12. The smallest absolute Gasteiger partial charge is 0.416 e. The standard InChI is InChI=1S/C21H19F6N3O2/c22-20(23,24)14-7-13(8-15(9-14)21(25,26)27)10-30-11-16-17(29-5-1-2-6-29)3-4-28-19(16)32-12-18(30)31/h3-4,7-9H,1-2,5-6,10-12H2. The van der Waals surface area contributed by atoms with Gasteiger partial charge in [0.25, 0.3) is 5.91 Å². The zero-order chi connectivity index (χ0) is 23.1. The lowest BCUT2D eigenvalue weighted by Crippen LogP contribution is -2.32. The second kappa shape index (κ2) is 8.18. The number of ether oxygens (including phenoxy) is 1. The number of pyridine rings is 1. The first-order valence-corrected chi connectivity index (χ1v) is 9.94. The molecule has 0 bridgehead atoms. The highest BCUT2D eigenvalue weighted by molar-refractivity contribution is 5.79. The number of hydrogen-bond donors (Lipinski definition) is 0. The van der Waals surface area contributed by atoms with Crippen molar-refractivity contribution in [2.75, 3.05) is 24.6 Å². The van der Waals surface area contributed by atoms with E-state index < -0.39 is 42.5 Å². The van der Waals surface area contributed by atoms with Gasteiger partial charge in [-0.15, -0.1) is 0 Å². The quantitative estimate of drug-likeness (QED) is 0.628. The van der Waals surface area contributed by atoms with Gasteiger partial charge in [-0.3, -0.25) is 4.79 Å². The fourth-order valence-corrected chi connectivity index (χ4v) is 3.97. The molecular formula is C21H19F6N3O2. The van der Waals surface area contributed by atoms with Gasteiger partial charge in [0.15, 0.2) is 6.61 Å². The molecule has 0 atom stereocenters. The third-order valence-corrected chi connectivity index (χ3v) is 5.49. The number of nitrogens with zero attached hydrogens (tertiary/aromatic N) is 3. The van der Waals surface area contributed by atoms with Gasteiger partial charge in [0.1, 0.15) is 0 Å². The SMILES string of the molecule is O=C1COc2nccc(N3CCCC3)c2CN1Cc1cc(C(F)(F)F)cc(C(F)(F)F)c1. The van der Waals surface area contributed by atoms with Crippen LogP contribution in [-0.4, -0.2) is 35.5 Å². The minimum atomic E-state index is -4.96. The van der Waals surface area contributed by atoms with Gasteiger partial charge in [-0.25, -0.2) is 4.98 Å². The summed E-state index contributed by atoms with van der Waals surface area (Å²) < 4.78 is 84.7. The average molecular weight is 459 g/mol. The molecule has 32 heavy (non-hydrogen) atoms. The van der Waals surface area contributed by atoms with Crippen molar-refractivity contribution in [2.24, 2.45) is 0 Å². The summed E-state index contributed by atoms with van der Waals surface area (Å²) in [5.74, 6) is -0.313. The van der Waals surface area contributed by atoms with Crippen LogP contribution >= 0.6 is 0 Å². The Bertz CT molecular complexity index is 983. The zero-order valence-corrected chi connectivity index (χ0v) is 16.8. The minimum Gasteiger partial charge on any atom is -0.467 e. The summed E-state index contributed by atoms with van der Waals surface area (Å²) in [7, 11) is 0. The first-order chi connectivity index (χ1) is 15.0. The maximum Gasteiger partial charge on any atom is 0.416 e. The molecule has 0 radical (unpaired) electrons. The van der Waals surface area contributed by atoms with Crippen molar-refractivity contribution in [2.45, 2.75) is 38.3 Å². The van der Waals surface area contributed by atoms with E-state index in [1.165, 1.54) is 4.90 Å². The van der Waals surface area contributed by atoms with Crippen LogP contribution < -0.4 is 9.64 Å². The number of alkyl halides is 6. The van der Waals surface area contributed by atoms with Crippen LogP contribution in [0.1, 0.15) is 35.1 Å². The van der Waals surface area contributed by atoms with Gasteiger partial charge < -0.3 is 14.5 Å². The van der Waals surface area contributed by atoms with Crippen molar-refractivity contribution in [1.29, 1.82) is 0 Å². The van der Waals surface area contributed by atoms with E-state index in [2.05, 4.69) is 9.88 Å². The number of anilines is 1. The maximum absolute atomic E-state index is 13.2. The number of rotatable bonds is 3. The number of amides is 1. The van der Waals surface area contributed by atoms with Crippen molar-refractivity contribution in [3.63, 3.8) is 0 Å². The highest BCUT2D eigenvalue weighted by Gasteiger charge is 2.37. The average Bonchev–Trinajstić information content (AvgIpc) is 3.20. The van der Waals surface area contributed by atoms with Crippen molar-refractivity contribution in [3.05, 3.63) is 52.7 Å². The van der Waals surface area contributed by atoms with E-state index in [1.54, 1.807) is 12.3 Å². The molecule has 2 aliphatic heterocycles. The van der Waals surface area contributed by atoms with Gasteiger partial charge in [0.05, 0.1) is 23.2 Å². The molecule has 3 heterocycles. The lowest BCUT2D eigenvalue weighted by atomic mass is 10.0. The van der Waals surface area contributed by atoms with E-state index in [9.17, 15) is 31.1 Å². The number of benzene rings is 1. The van der Waals surface area contributed by atoms with Gasteiger partial charge in [-0.2, -0.15) is 26.3 Å². The molecule has 0 unspecified atom stereocenters. The maximum atomic E-state index is 13.2. The van der Waals surface area contributed by atoms with Crippen LogP contribution in [0.2, 0.25) is 0 Å². The lowest BCUT2D eigenvalue weighted by Gasteiger charge is -2.25. The Kier molecular flexibility index (Phi) is 5.68. The van der Waals surface area contributed by atoms with Crippen LogP contribution in [0.3, 0.4) is 0 Å². The van der Waals surface area contributed by atoms with Crippen LogP contribution in [0, 0.1) is 0 Å². The molecule has 0 aliphatic carbocycles. The van der Waals surface area contributed by atoms with Crippen LogP contribution in [-0.2, 0) is 30.2 Å². The van der Waals surface area contributed by atoms with E-state index in [1.807, 2.05) is 0 Å². The molecule has 1 aromatic heterocycles. The van der Waals surface area contributed by atoms with E-state index in [-0.39, 0.29) is 24.1 Å². The number of carbonyl (C=O) groups excluding carboxylic acids is 1. The first-order valence-electron chi connectivity index (χ1n) is 9.94. The van der Waals surface area contributed by atoms with Crippen molar-refractivity contribution < 1.29 is 35.9 Å². The summed E-state index contributed by atoms with van der Waals surface area (Å²) in [4.78, 5) is 20.1. The molecule has 1 aromatic carbocycles. The zero-order valence-electron chi connectivity index (χ0n) is 16.8. The number of aromatic nitrogens is 1. The van der Waals surface area contributed by atoms with Gasteiger partial charge in [-0.1, -0.05) is 0 Å². The Hall–Kier alpha value is -2.98. The summed E-state index contributed by atoms with van der Waals surface area (Å²) in [5, 5.41) is 0. The monoisotopic (exact) mass is 459 g/mol. The van der Waals surface area contributed by atoms with Crippen molar-refractivity contribution >= 4 is 11.6 Å². The Balaban J connectivity index is 1.68. The molecule has 5 nitrogen and oxygen atoms in total. The number of halogens is 6. The van der Waals surface area contributed by atoms with Crippen molar-refractivity contribution in [3.8, 4) is 5.88 Å². The summed E-state index contributed by atoms with van der Waals surface area (Å²) in [6.07, 6.45) is -6.38. The van der Waals surface area contributed by atoms with Crippen LogP contribution in [0.25, 0.3) is 0 Å². The fraction of sp³-hybridized carbons (Fsp3) is 0.429. The molecule has 2 aromatic rings. The molecule has 2 aliphatic rings. The molecular weight excluding hydrogens is 440 g/mol. The molecule has 0 N–H and O–H groups in total. The minimum absolute atomic E-state index is 0.0363. The van der Waals surface area contributed by atoms with Gasteiger partial charge >= 0.3 is 12.4 Å². The van der Waals surface area contributed by atoms with E-state index >= 15 is 0 Å². The number of hydrogen-bond acceptors (Lipinski definition) is 4. The Morgan fingerprint density at radius 2 is 1.59 bits per heavy atom. The Morgan fingerprint density at radius 1 is 0.969 bits per heavy atom. The highest BCUT2D eigenvalue weighted by Crippen LogP contribution is 2.37. The predicted octanol–water partition coefficient (Wildman–Crippen LogP) is 4.64. The van der Waals surface area contributed by atoms with Crippen LogP contribution in [0.15, 0.2) is 30.5 Å². The summed E-state index contributed by atoms with van der Waals surface area (Å²) in [5.41, 5.74) is -1.72. The topological polar surface area (TPSA) is 45.7 Å². The normalized spacial score (nSPS) is 17.2. The molecule has 0 spiro atoms. The van der Waals surface area contributed by atoms with Crippen molar-refractivity contribution in [1.82, 2.24) is 9.88 Å². The molecule has 0 saturated carbocycles. The molecule has 1 saturated heterocycles. The molecule has 1 fully saturated rings. The van der Waals surface area contributed by atoms with Gasteiger partial charge in [0.2, 0.25) is 5.88 Å². The second-order valence-corrected chi connectivity index (χ2v) is 7.76. The summed E-state index contributed by atoms with van der Waals surface area (Å²) in [6.45, 7) is 0.725. The second-order valence-electron chi connectivity index (χ2n) is 7.76. The van der Waals surface area contributed by atoms with Crippen LogP contribution in [0.4, 0.5) is 32.0 Å². The molecule has 1 amide bonds. The Labute approximate surface area is 179 Å². The molecule has 172 valence electrons. The Morgan fingerprint density at radius 3 is 2.19 bits per heavy atom. The number of fused-ring (bicyclic) bond motifs is 1.